The van der Waals surface area contributed by atoms with Crippen molar-refractivity contribution in [3.05, 3.63) is 147 Å². The van der Waals surface area contributed by atoms with Crippen LogP contribution in [0.1, 0.15) is 27.8 Å². The summed E-state index contributed by atoms with van der Waals surface area (Å²) in [7, 11) is -4.25. The fraction of sp³-hybridized carbons (Fsp3) is 0.196. The molecule has 5 aromatic carbocycles. The zero-order valence-electron chi connectivity index (χ0n) is 33.4. The highest BCUT2D eigenvalue weighted by molar-refractivity contribution is 7.86. The van der Waals surface area contributed by atoms with E-state index in [-0.39, 0.29) is 52.0 Å². The Kier molecular flexibility index (Phi) is 12.4. The van der Waals surface area contributed by atoms with Gasteiger partial charge in [0.1, 0.15) is 48.3 Å². The number of carboxylic acid groups (broad SMARTS) is 1. The van der Waals surface area contributed by atoms with Gasteiger partial charge in [0.05, 0.1) is 20.3 Å². The average Bonchev–Trinajstić information content (AvgIpc) is 3.65. The molecule has 1 N–H and O–H groups in total. The van der Waals surface area contributed by atoms with Gasteiger partial charge in [0.15, 0.2) is 11.9 Å². The lowest BCUT2D eigenvalue weighted by Gasteiger charge is -2.24. The van der Waals surface area contributed by atoms with Crippen LogP contribution in [0.3, 0.4) is 0 Å². The molecule has 0 saturated carbocycles. The number of halogens is 3. The van der Waals surface area contributed by atoms with Crippen molar-refractivity contribution >= 4 is 60.8 Å². The van der Waals surface area contributed by atoms with Gasteiger partial charge >= 0.3 is 5.97 Å². The maximum atomic E-state index is 14.3. The molecule has 11 nitrogen and oxygen atoms in total. The second kappa shape index (κ2) is 17.9. The topological polar surface area (TPSA) is 143 Å². The number of aryl methyl sites for hydroxylation is 1. The third-order valence-corrected chi connectivity index (χ3v) is 13.6. The van der Waals surface area contributed by atoms with Crippen LogP contribution in [0.25, 0.3) is 31.8 Å². The van der Waals surface area contributed by atoms with Crippen LogP contribution >= 0.6 is 34.5 Å². The predicted molar refractivity (Wildman–Crippen MR) is 235 cm³/mol. The number of ether oxygens (including phenoxy) is 4. The minimum absolute atomic E-state index is 0.0242. The van der Waals surface area contributed by atoms with E-state index in [4.69, 9.17) is 46.3 Å². The first-order valence-corrected chi connectivity index (χ1v) is 22.2. The monoisotopic (exact) mass is 914 g/mol. The highest BCUT2D eigenvalue weighted by atomic mass is 35.5. The predicted octanol–water partition coefficient (Wildman–Crippen LogP) is 10.6. The van der Waals surface area contributed by atoms with Crippen molar-refractivity contribution in [3.63, 3.8) is 0 Å². The summed E-state index contributed by atoms with van der Waals surface area (Å²) in [6.45, 7) is 4.77. The lowest BCUT2D eigenvalue weighted by molar-refractivity contribution is -0.145. The maximum Gasteiger partial charge on any atom is 0.345 e. The SMILES string of the molecule is Cc1ccc(S(=O)(=O)OC[C@@H]2COc3ccc(OCc4ccccc4)c(c3)C[C@H](C(=O)O)Oc3ncnc4sc(-c5ccc(F)cc5)c(c34)-c3c(C)c(Cl)c(c(Cl)c3C)O2)cc1. The van der Waals surface area contributed by atoms with E-state index in [2.05, 4.69) is 9.97 Å². The van der Waals surface area contributed by atoms with Crippen LogP contribution in [0.5, 0.6) is 23.1 Å². The van der Waals surface area contributed by atoms with Crippen LogP contribution in [0, 0.1) is 26.6 Å². The summed E-state index contributed by atoms with van der Waals surface area (Å²) < 4.78 is 72.0. The van der Waals surface area contributed by atoms with E-state index < -0.39 is 40.7 Å². The summed E-state index contributed by atoms with van der Waals surface area (Å²) in [6.07, 6.45) is -1.54. The zero-order valence-corrected chi connectivity index (χ0v) is 36.5. The van der Waals surface area contributed by atoms with E-state index in [0.29, 0.717) is 54.2 Å². The zero-order chi connectivity index (χ0) is 43.7. The molecule has 0 aliphatic carbocycles. The van der Waals surface area contributed by atoms with Crippen LogP contribution in [0.15, 0.2) is 108 Å². The third-order valence-electron chi connectivity index (χ3n) is 10.3. The Hall–Kier alpha value is -5.77. The lowest BCUT2D eigenvalue weighted by atomic mass is 9.92. The second-order valence-electron chi connectivity index (χ2n) is 14.5. The van der Waals surface area contributed by atoms with Crippen molar-refractivity contribution in [2.45, 2.75) is 50.9 Å². The number of benzene rings is 5. The summed E-state index contributed by atoms with van der Waals surface area (Å²) in [6, 6.07) is 26.5. The minimum Gasteiger partial charge on any atom is -0.490 e. The third kappa shape index (κ3) is 8.92. The molecule has 0 amide bonds. The van der Waals surface area contributed by atoms with E-state index >= 15 is 0 Å². The molecule has 7 aromatic rings. The number of rotatable bonds is 9. The van der Waals surface area contributed by atoms with E-state index in [0.717, 1.165) is 11.1 Å². The smallest absolute Gasteiger partial charge is 0.345 e. The molecule has 0 unspecified atom stereocenters. The Morgan fingerprint density at radius 2 is 1.61 bits per heavy atom. The first kappa shape index (κ1) is 42.9. The summed E-state index contributed by atoms with van der Waals surface area (Å²) in [5, 5.41) is 11.3. The molecule has 2 aliphatic rings. The van der Waals surface area contributed by atoms with Crippen molar-refractivity contribution < 1.29 is 45.8 Å². The summed E-state index contributed by atoms with van der Waals surface area (Å²) in [5.74, 6) is -1.04. The first-order chi connectivity index (χ1) is 29.8. The van der Waals surface area contributed by atoms with Gasteiger partial charge in [-0.05, 0) is 91.1 Å². The molecule has 0 saturated heterocycles. The molecule has 2 atom stereocenters. The van der Waals surface area contributed by atoms with Crippen molar-refractivity contribution in [1.82, 2.24) is 9.97 Å². The molecular weight excluding hydrogens is 879 g/mol. The number of thiophene rings is 1. The van der Waals surface area contributed by atoms with E-state index in [1.54, 1.807) is 56.3 Å². The molecule has 62 heavy (non-hydrogen) atoms. The van der Waals surface area contributed by atoms with Gasteiger partial charge in [-0.25, -0.2) is 19.2 Å². The standard InChI is InChI=1S/C46H37Cl2FN2O9S2/c1-25-9-16-34(17-10-25)62(54,55)58-23-33-22-56-32-15-18-35(57-21-28-7-5-4-6-8-28)30(19-32)20-36(46(52)53)60-44-39-38(37-26(2)40(47)42(59-33)41(48)27(37)3)43(61-45(39)51-24-50-44)29-11-13-31(49)14-12-29/h4-19,24,33,36H,20-23H2,1-3H3,(H,52,53)/t33-,36+/m0/s1. The number of aromatic nitrogens is 2. The Balaban J connectivity index is 1.30. The fourth-order valence-corrected chi connectivity index (χ4v) is 9.66. The van der Waals surface area contributed by atoms with Gasteiger partial charge in [-0.1, -0.05) is 83.4 Å². The van der Waals surface area contributed by atoms with Gasteiger partial charge < -0.3 is 24.1 Å². The Labute approximate surface area is 370 Å². The summed E-state index contributed by atoms with van der Waals surface area (Å²) >= 11 is 15.6. The van der Waals surface area contributed by atoms with Crippen molar-refractivity contribution in [1.29, 1.82) is 0 Å². The van der Waals surface area contributed by atoms with E-state index in [9.17, 15) is 22.7 Å². The van der Waals surface area contributed by atoms with Crippen LogP contribution < -0.4 is 18.9 Å². The molecule has 16 heteroatoms. The number of nitrogens with zero attached hydrogens (tertiary/aromatic N) is 2. The fourth-order valence-electron chi connectivity index (χ4n) is 7.06. The minimum atomic E-state index is -4.25. The summed E-state index contributed by atoms with van der Waals surface area (Å²) in [4.78, 5) is 23.2. The van der Waals surface area contributed by atoms with E-state index in [1.165, 1.54) is 41.9 Å². The van der Waals surface area contributed by atoms with Gasteiger partial charge in [-0.2, -0.15) is 8.42 Å². The first-order valence-electron chi connectivity index (χ1n) is 19.2. The van der Waals surface area contributed by atoms with Gasteiger partial charge in [0, 0.05) is 22.4 Å². The van der Waals surface area contributed by atoms with Crippen molar-refractivity contribution in [2.24, 2.45) is 0 Å². The number of carboxylic acids is 1. The van der Waals surface area contributed by atoms with E-state index in [1.807, 2.05) is 37.3 Å². The Morgan fingerprint density at radius 3 is 2.31 bits per heavy atom. The number of fused-ring (bicyclic) bond motifs is 7. The highest BCUT2D eigenvalue weighted by Crippen LogP contribution is 2.53. The number of hydrogen-bond acceptors (Lipinski definition) is 11. The van der Waals surface area contributed by atoms with Gasteiger partial charge in [-0.15, -0.1) is 11.3 Å². The number of carbonyl (C=O) groups is 1. The molecule has 0 spiro atoms. The molecular formula is C46H37Cl2FN2O9S2. The Morgan fingerprint density at radius 1 is 0.903 bits per heavy atom. The van der Waals surface area contributed by atoms with Crippen molar-refractivity contribution in [3.8, 4) is 44.7 Å². The largest absolute Gasteiger partial charge is 0.490 e. The lowest BCUT2D eigenvalue weighted by Crippen LogP contribution is -2.32. The van der Waals surface area contributed by atoms with Gasteiger partial charge in [-0.3, -0.25) is 4.18 Å². The average molecular weight is 916 g/mol. The number of hydrogen-bond donors (Lipinski definition) is 1. The Bertz CT molecular complexity index is 2890. The molecule has 4 bridgehead atoms. The highest BCUT2D eigenvalue weighted by Gasteiger charge is 2.32. The quantitative estimate of drug-likeness (QED) is 0.138. The summed E-state index contributed by atoms with van der Waals surface area (Å²) in [5.41, 5.74) is 4.88. The normalized spacial score (nSPS) is 15.3. The van der Waals surface area contributed by atoms with Crippen molar-refractivity contribution in [2.75, 3.05) is 13.2 Å². The maximum absolute atomic E-state index is 14.3. The second-order valence-corrected chi connectivity index (χ2v) is 17.9. The molecule has 2 aliphatic heterocycles. The molecule has 4 heterocycles. The van der Waals surface area contributed by atoms with Crippen LogP contribution in [-0.4, -0.2) is 54.9 Å². The van der Waals surface area contributed by atoms with Crippen LogP contribution in [-0.2, 0) is 32.1 Å². The van der Waals surface area contributed by atoms with Gasteiger partial charge in [0.25, 0.3) is 10.1 Å². The molecule has 0 fully saturated rings. The van der Waals surface area contributed by atoms with Crippen LogP contribution in [0.4, 0.5) is 4.39 Å². The number of aliphatic carboxylic acids is 1. The molecule has 2 aromatic heterocycles. The van der Waals surface area contributed by atoms with Gasteiger partial charge in [0.2, 0.25) is 12.0 Å². The molecule has 318 valence electrons. The van der Waals surface area contributed by atoms with Crippen LogP contribution in [0.2, 0.25) is 10.0 Å². The molecule has 9 rings (SSSR count). The molecule has 0 radical (unpaired) electrons.